The summed E-state index contributed by atoms with van der Waals surface area (Å²) in [5.74, 6) is -1.67. The highest BCUT2D eigenvalue weighted by atomic mass is 16.6. The number of piperidine rings is 1. The number of carbonyl (C=O) groups excluding carboxylic acids is 4. The molecule has 0 aromatic heterocycles. The van der Waals surface area contributed by atoms with Crippen molar-refractivity contribution in [3.05, 3.63) is 0 Å². The third kappa shape index (κ3) is 4.37. The molecule has 5 N–H and O–H groups in total. The molecule has 3 rings (SSSR count). The quantitative estimate of drug-likeness (QED) is 0.209. The minimum Gasteiger partial charge on any atom is -0.457 e. The molecule has 1 spiro atoms. The number of imide groups is 1. The Hall–Kier alpha value is -2.12. The summed E-state index contributed by atoms with van der Waals surface area (Å²) in [7, 11) is 0. The highest BCUT2D eigenvalue weighted by molar-refractivity contribution is 6.06. The van der Waals surface area contributed by atoms with E-state index >= 15 is 0 Å². The summed E-state index contributed by atoms with van der Waals surface area (Å²) >= 11 is 0. The molecule has 2 heterocycles. The van der Waals surface area contributed by atoms with E-state index in [1.165, 1.54) is 9.80 Å². The first-order valence-electron chi connectivity index (χ1n) is 10.7. The van der Waals surface area contributed by atoms with Gasteiger partial charge in [0.25, 0.3) is 0 Å². The number of esters is 1. The fraction of sp³-hybridized carbons (Fsp3) is 0.800. The van der Waals surface area contributed by atoms with Crippen LogP contribution in [-0.4, -0.2) is 115 Å². The molecule has 12 nitrogen and oxygen atoms in total. The van der Waals surface area contributed by atoms with Crippen LogP contribution in [-0.2, 0) is 23.9 Å². The summed E-state index contributed by atoms with van der Waals surface area (Å²) in [6.45, 7) is 2.62. The third-order valence-electron chi connectivity index (χ3n) is 6.76. The molecule has 3 amide bonds. The van der Waals surface area contributed by atoms with E-state index in [0.29, 0.717) is 19.4 Å². The van der Waals surface area contributed by atoms with Gasteiger partial charge in [0, 0.05) is 32.5 Å². The van der Waals surface area contributed by atoms with Gasteiger partial charge in [0.05, 0.1) is 11.8 Å². The number of carbonyl (C=O) groups is 4. The van der Waals surface area contributed by atoms with Gasteiger partial charge in [-0.25, -0.2) is 0 Å². The molecule has 180 valence electrons. The second-order valence-electron chi connectivity index (χ2n) is 8.69. The number of nitrogens with zero attached hydrogens (tertiary/aromatic N) is 2. The summed E-state index contributed by atoms with van der Waals surface area (Å²) in [5.41, 5.74) is -0.762. The molecule has 0 aromatic rings. The van der Waals surface area contributed by atoms with E-state index in [1.807, 2.05) is 0 Å². The molecule has 3 aliphatic rings. The number of likely N-dealkylation sites (tertiary alicyclic amines) is 2. The van der Waals surface area contributed by atoms with Crippen molar-refractivity contribution >= 4 is 23.7 Å². The molecular weight excluding hydrogens is 428 g/mol. The lowest BCUT2D eigenvalue weighted by Gasteiger charge is -2.41. The Morgan fingerprint density at radius 3 is 1.97 bits per heavy atom. The number of rotatable bonds is 5. The largest absolute Gasteiger partial charge is 0.457 e. The molecule has 3 unspecified atom stereocenters. The Morgan fingerprint density at radius 2 is 1.47 bits per heavy atom. The second-order valence-corrected chi connectivity index (χ2v) is 8.69. The molecule has 1 saturated carbocycles. The lowest BCUT2D eigenvalue weighted by molar-refractivity contribution is -0.233. The van der Waals surface area contributed by atoms with Gasteiger partial charge in [-0.05, 0) is 19.8 Å². The molecule has 2 aliphatic heterocycles. The maximum atomic E-state index is 12.6. The number of aliphatic hydroxyl groups excluding tert-OH is 5. The van der Waals surface area contributed by atoms with E-state index in [9.17, 15) is 44.7 Å². The van der Waals surface area contributed by atoms with Gasteiger partial charge in [-0.15, -0.1) is 0 Å². The molecule has 2 saturated heterocycles. The monoisotopic (exact) mass is 458 g/mol. The number of ether oxygens (including phenoxy) is 1. The van der Waals surface area contributed by atoms with Crippen molar-refractivity contribution in [3.8, 4) is 0 Å². The molecular formula is C20H30N2O10. The van der Waals surface area contributed by atoms with Gasteiger partial charge in [-0.2, -0.15) is 0 Å². The molecule has 3 fully saturated rings. The van der Waals surface area contributed by atoms with Gasteiger partial charge in [0.1, 0.15) is 30.5 Å². The van der Waals surface area contributed by atoms with Crippen LogP contribution in [0.1, 0.15) is 39.0 Å². The lowest BCUT2D eigenvalue weighted by Crippen LogP contribution is -2.64. The topological polar surface area (TPSA) is 185 Å². The second kappa shape index (κ2) is 9.40. The lowest BCUT2D eigenvalue weighted by atomic mass is 9.77. The highest BCUT2D eigenvalue weighted by Gasteiger charge is 2.52. The van der Waals surface area contributed by atoms with E-state index in [-0.39, 0.29) is 50.1 Å². The maximum absolute atomic E-state index is 12.6. The minimum atomic E-state index is -1.82. The summed E-state index contributed by atoms with van der Waals surface area (Å²) < 4.78 is 4.94. The Bertz CT molecular complexity index is 749. The maximum Gasteiger partial charge on any atom is 0.306 e. The normalized spacial score (nSPS) is 34.8. The van der Waals surface area contributed by atoms with Gasteiger partial charge in [0.15, 0.2) is 6.10 Å². The Kier molecular flexibility index (Phi) is 7.20. The number of aliphatic hydroxyl groups is 5. The third-order valence-corrected chi connectivity index (χ3v) is 6.76. The van der Waals surface area contributed by atoms with Gasteiger partial charge in [0.2, 0.25) is 17.7 Å². The van der Waals surface area contributed by atoms with E-state index in [4.69, 9.17) is 4.74 Å². The molecule has 6 atom stereocenters. The van der Waals surface area contributed by atoms with Crippen LogP contribution in [0, 0.1) is 5.41 Å². The summed E-state index contributed by atoms with van der Waals surface area (Å²) in [6.07, 6.45) is -10.4. The van der Waals surface area contributed by atoms with Crippen LogP contribution >= 0.6 is 0 Å². The van der Waals surface area contributed by atoms with Crippen molar-refractivity contribution in [1.29, 1.82) is 0 Å². The van der Waals surface area contributed by atoms with Crippen LogP contribution in [0.2, 0.25) is 0 Å². The smallest absolute Gasteiger partial charge is 0.306 e. The zero-order chi connectivity index (χ0) is 23.8. The Morgan fingerprint density at radius 1 is 0.938 bits per heavy atom. The summed E-state index contributed by atoms with van der Waals surface area (Å²) in [4.78, 5) is 52.0. The summed E-state index contributed by atoms with van der Waals surface area (Å²) in [6, 6.07) is 0. The summed E-state index contributed by atoms with van der Waals surface area (Å²) in [5, 5.41) is 48.8. The predicted molar refractivity (Wildman–Crippen MR) is 104 cm³/mol. The van der Waals surface area contributed by atoms with Crippen molar-refractivity contribution in [3.63, 3.8) is 0 Å². The number of amides is 3. The zero-order valence-electron chi connectivity index (χ0n) is 17.8. The molecule has 0 radical (unpaired) electrons. The van der Waals surface area contributed by atoms with Crippen LogP contribution in [0.3, 0.4) is 0 Å². The van der Waals surface area contributed by atoms with Gasteiger partial charge in [-0.3, -0.25) is 24.1 Å². The van der Waals surface area contributed by atoms with E-state index < -0.39 is 48.0 Å². The van der Waals surface area contributed by atoms with Crippen molar-refractivity contribution < 1.29 is 49.4 Å². The highest BCUT2D eigenvalue weighted by Crippen LogP contribution is 2.42. The Labute approximate surface area is 184 Å². The first kappa shape index (κ1) is 24.5. The van der Waals surface area contributed by atoms with E-state index in [0.717, 1.165) is 0 Å². The molecule has 0 bridgehead atoms. The van der Waals surface area contributed by atoms with Gasteiger partial charge in [-0.1, -0.05) is 0 Å². The Balaban J connectivity index is 1.48. The van der Waals surface area contributed by atoms with Crippen LogP contribution in [0.15, 0.2) is 0 Å². The average Bonchev–Trinajstić information content (AvgIpc) is 3.01. The van der Waals surface area contributed by atoms with Crippen LogP contribution in [0.4, 0.5) is 0 Å². The van der Waals surface area contributed by atoms with Crippen molar-refractivity contribution in [2.75, 3.05) is 19.6 Å². The fourth-order valence-corrected chi connectivity index (χ4v) is 4.67. The molecule has 12 heteroatoms. The van der Waals surface area contributed by atoms with E-state index in [2.05, 4.69) is 0 Å². The first-order valence-corrected chi connectivity index (χ1v) is 10.7. The van der Waals surface area contributed by atoms with Crippen molar-refractivity contribution in [2.24, 2.45) is 5.41 Å². The molecule has 32 heavy (non-hydrogen) atoms. The van der Waals surface area contributed by atoms with Crippen molar-refractivity contribution in [2.45, 2.75) is 75.7 Å². The minimum absolute atomic E-state index is 0.145. The number of hydrogen-bond acceptors (Lipinski definition) is 10. The van der Waals surface area contributed by atoms with E-state index in [1.54, 1.807) is 6.92 Å². The standard InChI is InChI=1S/C20H30N2O10/c1-2-22-11(24)9-20(19(22)31)5-7-21(8-6-20)10(23)3-4-12(25)32-18-16(29)14(27)13(26)15(28)17(18)30/h13-18,26-30H,2-9H2,1H3/t13?,14-,15?,16+,17+,18?/m1/s1. The van der Waals surface area contributed by atoms with Crippen LogP contribution < -0.4 is 0 Å². The number of hydrogen-bond donors (Lipinski definition) is 5. The van der Waals surface area contributed by atoms with Gasteiger partial charge < -0.3 is 35.2 Å². The van der Waals surface area contributed by atoms with Crippen molar-refractivity contribution in [1.82, 2.24) is 9.80 Å². The first-order chi connectivity index (χ1) is 15.0. The SMILES string of the molecule is CCN1C(=O)CC2(CCN(C(=O)CCC(=O)OC3[C@@H](O)C(O)C(O)[C@@H](O)[C@@H]3O)CC2)C1=O. The molecule has 0 aromatic carbocycles. The van der Waals surface area contributed by atoms with Crippen LogP contribution in [0.25, 0.3) is 0 Å². The molecule has 1 aliphatic carbocycles. The average molecular weight is 458 g/mol. The van der Waals surface area contributed by atoms with Gasteiger partial charge >= 0.3 is 5.97 Å². The van der Waals surface area contributed by atoms with Crippen LogP contribution in [0.5, 0.6) is 0 Å². The fourth-order valence-electron chi connectivity index (χ4n) is 4.67. The zero-order valence-corrected chi connectivity index (χ0v) is 17.8. The predicted octanol–water partition coefficient (Wildman–Crippen LogP) is -3.12.